The molecule has 2 aliphatic heterocycles. The van der Waals surface area contributed by atoms with Gasteiger partial charge in [0.25, 0.3) is 5.56 Å². The fourth-order valence-electron chi connectivity index (χ4n) is 3.45. The number of H-pyrrole nitrogens is 1. The summed E-state index contributed by atoms with van der Waals surface area (Å²) in [4.78, 5) is 42.7. The fourth-order valence-corrected chi connectivity index (χ4v) is 4.59. The lowest BCUT2D eigenvalue weighted by molar-refractivity contribution is -0.135. The number of piperidine rings is 1. The van der Waals surface area contributed by atoms with Crippen LogP contribution < -0.4 is 11.3 Å². The summed E-state index contributed by atoms with van der Waals surface area (Å²) in [5.41, 5.74) is 5.64. The van der Waals surface area contributed by atoms with Crippen molar-refractivity contribution >= 4 is 34.6 Å². The van der Waals surface area contributed by atoms with E-state index < -0.39 is 0 Å². The second kappa shape index (κ2) is 6.17. The third-order valence-electron chi connectivity index (χ3n) is 4.91. The Morgan fingerprint density at radius 1 is 1.36 bits per heavy atom. The van der Waals surface area contributed by atoms with Crippen molar-refractivity contribution in [1.29, 1.82) is 0 Å². The molecule has 1 atom stereocenters. The Balaban J connectivity index is 1.49. The van der Waals surface area contributed by atoms with Crippen LogP contribution in [-0.4, -0.2) is 55.3 Å². The zero-order valence-corrected chi connectivity index (χ0v) is 14.3. The average molecular weight is 362 g/mol. The molecule has 1 saturated heterocycles. The van der Waals surface area contributed by atoms with Crippen molar-refractivity contribution in [2.75, 3.05) is 18.8 Å². The number of hydrogen-bond acceptors (Lipinski definition) is 6. The number of aromatic amines is 1. The van der Waals surface area contributed by atoms with Crippen LogP contribution >= 0.6 is 11.8 Å². The van der Waals surface area contributed by atoms with Gasteiger partial charge in [0, 0.05) is 31.2 Å². The van der Waals surface area contributed by atoms with Crippen molar-refractivity contribution in [1.82, 2.24) is 24.6 Å². The molecule has 2 aromatic rings. The highest BCUT2D eigenvalue weighted by Gasteiger charge is 2.32. The van der Waals surface area contributed by atoms with Crippen LogP contribution in [0.4, 0.5) is 0 Å². The maximum absolute atomic E-state index is 12.6. The first-order valence-electron chi connectivity index (χ1n) is 8.20. The summed E-state index contributed by atoms with van der Waals surface area (Å²) in [6.45, 7) is 1.07. The van der Waals surface area contributed by atoms with Crippen molar-refractivity contribution in [3.8, 4) is 0 Å². The molecule has 25 heavy (non-hydrogen) atoms. The molecule has 132 valence electrons. The summed E-state index contributed by atoms with van der Waals surface area (Å²) in [5.74, 6) is 0.203. The van der Waals surface area contributed by atoms with E-state index in [4.69, 9.17) is 5.73 Å². The van der Waals surface area contributed by atoms with Crippen LogP contribution in [0.2, 0.25) is 0 Å². The first kappa shape index (κ1) is 16.1. The Bertz CT molecular complexity index is 898. The topological polar surface area (TPSA) is 127 Å². The lowest BCUT2D eigenvalue weighted by atomic mass is 9.96. The third-order valence-corrected chi connectivity index (χ3v) is 6.01. The van der Waals surface area contributed by atoms with Gasteiger partial charge in [0.2, 0.25) is 11.8 Å². The van der Waals surface area contributed by atoms with Crippen LogP contribution in [0.1, 0.15) is 25.3 Å². The molecule has 10 heteroatoms. The monoisotopic (exact) mass is 362 g/mol. The zero-order valence-electron chi connectivity index (χ0n) is 13.5. The second-order valence-electron chi connectivity index (χ2n) is 6.43. The van der Waals surface area contributed by atoms with Gasteiger partial charge in [0.05, 0.1) is 12.2 Å². The molecule has 2 aliphatic rings. The quantitative estimate of drug-likeness (QED) is 0.733. The van der Waals surface area contributed by atoms with E-state index in [1.54, 1.807) is 9.47 Å². The maximum Gasteiger partial charge on any atom is 0.265 e. The second-order valence-corrected chi connectivity index (χ2v) is 7.42. The van der Waals surface area contributed by atoms with Gasteiger partial charge in [-0.1, -0.05) is 11.8 Å². The van der Waals surface area contributed by atoms with E-state index in [0.29, 0.717) is 47.9 Å². The Morgan fingerprint density at radius 3 is 2.84 bits per heavy atom. The number of aromatic nitrogens is 4. The van der Waals surface area contributed by atoms with Gasteiger partial charge >= 0.3 is 0 Å². The fraction of sp³-hybridized carbons (Fsp3) is 0.533. The third kappa shape index (κ3) is 2.80. The van der Waals surface area contributed by atoms with Gasteiger partial charge in [-0.25, -0.2) is 4.98 Å². The Hall–Kier alpha value is -2.36. The average Bonchev–Trinajstić information content (AvgIpc) is 3.23. The first-order chi connectivity index (χ1) is 12.0. The van der Waals surface area contributed by atoms with Crippen LogP contribution in [0, 0.1) is 5.92 Å². The van der Waals surface area contributed by atoms with E-state index in [2.05, 4.69) is 15.2 Å². The molecule has 3 N–H and O–H groups in total. The van der Waals surface area contributed by atoms with Crippen LogP contribution in [0.25, 0.3) is 11.0 Å². The Labute approximate surface area is 147 Å². The molecule has 0 spiro atoms. The number of carbonyl (C=O) groups is 2. The van der Waals surface area contributed by atoms with Crippen molar-refractivity contribution in [3.63, 3.8) is 0 Å². The predicted molar refractivity (Wildman–Crippen MR) is 91.0 cm³/mol. The minimum atomic E-state index is -0.296. The molecular weight excluding hydrogens is 344 g/mol. The Kier molecular flexibility index (Phi) is 3.98. The molecule has 1 fully saturated rings. The molecule has 0 saturated carbocycles. The van der Waals surface area contributed by atoms with Crippen LogP contribution in [0.5, 0.6) is 0 Å². The van der Waals surface area contributed by atoms with Crippen molar-refractivity contribution in [2.45, 2.75) is 30.5 Å². The van der Waals surface area contributed by atoms with E-state index in [-0.39, 0.29) is 35.8 Å². The summed E-state index contributed by atoms with van der Waals surface area (Å²) < 4.78 is 1.61. The van der Waals surface area contributed by atoms with E-state index in [9.17, 15) is 14.4 Å². The minimum Gasteiger partial charge on any atom is -0.369 e. The number of hydrogen-bond donors (Lipinski definition) is 2. The van der Waals surface area contributed by atoms with E-state index >= 15 is 0 Å². The molecule has 2 aromatic heterocycles. The molecule has 0 aromatic carbocycles. The first-order valence-corrected chi connectivity index (χ1v) is 9.18. The SMILES string of the molecule is NC(=O)C1CCN(C(=O)CC2CSc3nc4[nH]ncc4c(=O)n32)CC1. The normalized spacial score (nSPS) is 20.8. The smallest absolute Gasteiger partial charge is 0.265 e. The number of primary amides is 1. The van der Waals surface area contributed by atoms with Gasteiger partial charge in [0.15, 0.2) is 10.8 Å². The Morgan fingerprint density at radius 2 is 2.12 bits per heavy atom. The highest BCUT2D eigenvalue weighted by Crippen LogP contribution is 2.33. The maximum atomic E-state index is 12.6. The lowest BCUT2D eigenvalue weighted by Crippen LogP contribution is -2.42. The van der Waals surface area contributed by atoms with Crippen molar-refractivity contribution < 1.29 is 9.59 Å². The molecule has 0 bridgehead atoms. The summed E-state index contributed by atoms with van der Waals surface area (Å²) >= 11 is 1.47. The number of rotatable bonds is 3. The number of likely N-dealkylation sites (tertiary alicyclic amines) is 1. The van der Waals surface area contributed by atoms with Crippen molar-refractivity contribution in [2.24, 2.45) is 11.7 Å². The number of nitrogens with two attached hydrogens (primary N) is 1. The lowest BCUT2D eigenvalue weighted by Gasteiger charge is -2.31. The van der Waals surface area contributed by atoms with Gasteiger partial charge in [-0.2, -0.15) is 5.10 Å². The molecule has 1 unspecified atom stereocenters. The molecule has 2 amide bonds. The van der Waals surface area contributed by atoms with E-state index in [1.807, 2.05) is 0 Å². The van der Waals surface area contributed by atoms with Gasteiger partial charge in [-0.05, 0) is 12.8 Å². The van der Waals surface area contributed by atoms with Gasteiger partial charge in [-0.3, -0.25) is 24.0 Å². The number of carbonyl (C=O) groups excluding carboxylic acids is 2. The molecule has 0 aliphatic carbocycles. The predicted octanol–water partition coefficient (Wildman–Crippen LogP) is -0.120. The zero-order chi connectivity index (χ0) is 17.6. The summed E-state index contributed by atoms with van der Waals surface area (Å²) in [6.07, 6.45) is 2.93. The van der Waals surface area contributed by atoms with E-state index in [1.165, 1.54) is 18.0 Å². The largest absolute Gasteiger partial charge is 0.369 e. The van der Waals surface area contributed by atoms with Gasteiger partial charge in [0.1, 0.15) is 5.39 Å². The molecule has 0 radical (unpaired) electrons. The van der Waals surface area contributed by atoms with Gasteiger partial charge < -0.3 is 10.6 Å². The highest BCUT2D eigenvalue weighted by molar-refractivity contribution is 7.99. The standard InChI is InChI=1S/C15H18N6O3S/c16-12(23)8-1-3-20(4-2-8)11(22)5-9-7-25-15-18-13-10(6-17-19-13)14(24)21(9)15/h6,8-9H,1-5,7H2,(H2,16,23)(H,17,19). The van der Waals surface area contributed by atoms with Crippen LogP contribution in [0.3, 0.4) is 0 Å². The van der Waals surface area contributed by atoms with Gasteiger partial charge in [-0.15, -0.1) is 0 Å². The molecule has 4 heterocycles. The number of nitrogens with one attached hydrogen (secondary N) is 1. The summed E-state index contributed by atoms with van der Waals surface area (Å²) in [7, 11) is 0. The van der Waals surface area contributed by atoms with Crippen molar-refractivity contribution in [3.05, 3.63) is 16.6 Å². The number of nitrogens with zero attached hydrogens (tertiary/aromatic N) is 4. The number of amides is 2. The molecular formula is C15H18N6O3S. The van der Waals surface area contributed by atoms with E-state index in [0.717, 1.165) is 0 Å². The number of fused-ring (bicyclic) bond motifs is 2. The number of thioether (sulfide) groups is 1. The highest BCUT2D eigenvalue weighted by atomic mass is 32.2. The summed E-state index contributed by atoms with van der Waals surface area (Å²) in [6, 6.07) is -0.208. The molecule has 4 rings (SSSR count). The van der Waals surface area contributed by atoms with Crippen LogP contribution in [0.15, 0.2) is 16.1 Å². The molecule has 9 nitrogen and oxygen atoms in total. The van der Waals surface area contributed by atoms with Crippen LogP contribution in [-0.2, 0) is 9.59 Å². The summed E-state index contributed by atoms with van der Waals surface area (Å²) in [5, 5.41) is 7.62. The minimum absolute atomic E-state index is 0.000519.